The molecule has 0 saturated carbocycles. The van der Waals surface area contributed by atoms with Gasteiger partial charge in [-0.2, -0.15) is 0 Å². The molecule has 106 valence electrons. The molecule has 1 heterocycles. The van der Waals surface area contributed by atoms with Crippen molar-refractivity contribution in [2.45, 2.75) is 65.5 Å². The zero-order valence-corrected chi connectivity index (χ0v) is 12.5. The largest absolute Gasteiger partial charge is 0.386 e. The summed E-state index contributed by atoms with van der Waals surface area (Å²) in [6, 6.07) is 1.93. The van der Waals surface area contributed by atoms with Gasteiger partial charge in [0.15, 0.2) is 0 Å². The van der Waals surface area contributed by atoms with Crippen molar-refractivity contribution >= 4 is 0 Å². The fourth-order valence-corrected chi connectivity index (χ4v) is 2.78. The van der Waals surface area contributed by atoms with Gasteiger partial charge in [0.25, 0.3) is 5.56 Å². The average Bonchev–Trinajstić information content (AvgIpc) is 2.73. The van der Waals surface area contributed by atoms with Crippen LogP contribution in [0, 0.1) is 5.92 Å². The fraction of sp³-hybridized carbons (Fsp3) is 0.688. The lowest BCUT2D eigenvalue weighted by Crippen LogP contribution is -2.34. The van der Waals surface area contributed by atoms with E-state index in [1.54, 1.807) is 13.8 Å². The fourth-order valence-electron chi connectivity index (χ4n) is 2.78. The monoisotopic (exact) mass is 263 g/mol. The van der Waals surface area contributed by atoms with Crippen LogP contribution in [0.15, 0.2) is 10.9 Å². The number of fused-ring (bicyclic) bond motifs is 1. The first-order valence-electron chi connectivity index (χ1n) is 7.29. The van der Waals surface area contributed by atoms with Gasteiger partial charge in [-0.1, -0.05) is 13.8 Å². The van der Waals surface area contributed by atoms with Gasteiger partial charge in [0.05, 0.1) is 5.60 Å². The Morgan fingerprint density at radius 1 is 1.37 bits per heavy atom. The highest BCUT2D eigenvalue weighted by Gasteiger charge is 2.26. The van der Waals surface area contributed by atoms with Gasteiger partial charge in [-0.3, -0.25) is 4.79 Å². The van der Waals surface area contributed by atoms with Gasteiger partial charge >= 0.3 is 0 Å². The molecule has 0 amide bonds. The minimum atomic E-state index is -1.06. The van der Waals surface area contributed by atoms with Crippen molar-refractivity contribution in [3.8, 4) is 0 Å². The second-order valence-corrected chi connectivity index (χ2v) is 6.58. The van der Waals surface area contributed by atoms with E-state index < -0.39 is 5.60 Å². The lowest BCUT2D eigenvalue weighted by Gasteiger charge is -2.21. The summed E-state index contributed by atoms with van der Waals surface area (Å²) in [6.45, 7) is 8.49. The van der Waals surface area contributed by atoms with Gasteiger partial charge in [0, 0.05) is 17.8 Å². The molecule has 0 unspecified atom stereocenters. The van der Waals surface area contributed by atoms with Gasteiger partial charge in [-0.25, -0.2) is 0 Å². The molecule has 0 fully saturated rings. The van der Waals surface area contributed by atoms with E-state index in [9.17, 15) is 9.90 Å². The summed E-state index contributed by atoms with van der Waals surface area (Å²) in [7, 11) is 0. The minimum absolute atomic E-state index is 0.00574. The van der Waals surface area contributed by atoms with Crippen LogP contribution in [0.25, 0.3) is 0 Å². The average molecular weight is 263 g/mol. The molecule has 0 atom stereocenters. The molecule has 0 aliphatic heterocycles. The smallest absolute Gasteiger partial charge is 0.256 e. The number of hydrogen-bond donors (Lipinski definition) is 1. The van der Waals surface area contributed by atoms with Crippen molar-refractivity contribution in [2.24, 2.45) is 5.92 Å². The minimum Gasteiger partial charge on any atom is -0.386 e. The van der Waals surface area contributed by atoms with Crippen LogP contribution in [0.4, 0.5) is 0 Å². The van der Waals surface area contributed by atoms with E-state index in [0.29, 0.717) is 11.5 Å². The summed E-state index contributed by atoms with van der Waals surface area (Å²) in [5.74, 6) is 0.578. The van der Waals surface area contributed by atoms with Crippen molar-refractivity contribution in [3.05, 3.63) is 33.2 Å². The predicted octanol–water partition coefficient (Wildman–Crippen LogP) is 2.61. The first-order valence-corrected chi connectivity index (χ1v) is 7.29. The summed E-state index contributed by atoms with van der Waals surface area (Å²) in [4.78, 5) is 12.6. The van der Waals surface area contributed by atoms with E-state index in [1.165, 1.54) is 11.3 Å². The molecule has 0 saturated heterocycles. The first-order chi connectivity index (χ1) is 8.80. The van der Waals surface area contributed by atoms with Crippen molar-refractivity contribution in [2.75, 3.05) is 0 Å². The molecule has 2 rings (SSSR count). The van der Waals surface area contributed by atoms with Crippen LogP contribution in [0.1, 0.15) is 57.4 Å². The van der Waals surface area contributed by atoms with E-state index in [1.807, 2.05) is 10.6 Å². The molecule has 19 heavy (non-hydrogen) atoms. The Morgan fingerprint density at radius 2 is 2.05 bits per heavy atom. The molecule has 1 aliphatic carbocycles. The Labute approximate surface area is 115 Å². The van der Waals surface area contributed by atoms with Crippen molar-refractivity contribution in [1.82, 2.24) is 4.57 Å². The standard InChI is InChI=1S/C16H25NO2/c1-11(2)8-9-17-14-7-5-6-12(14)10-13(15(17)18)16(3,4)19/h10-11,19H,5-9H2,1-4H3. The number of nitrogens with zero attached hydrogens (tertiary/aromatic N) is 1. The van der Waals surface area contributed by atoms with E-state index >= 15 is 0 Å². The number of aryl methyl sites for hydroxylation is 1. The van der Waals surface area contributed by atoms with Crippen LogP contribution in [0.2, 0.25) is 0 Å². The van der Waals surface area contributed by atoms with Crippen LogP contribution in [0.3, 0.4) is 0 Å². The quantitative estimate of drug-likeness (QED) is 0.907. The van der Waals surface area contributed by atoms with Gasteiger partial charge in [-0.05, 0) is 57.1 Å². The second-order valence-electron chi connectivity index (χ2n) is 6.58. The highest BCUT2D eigenvalue weighted by Crippen LogP contribution is 2.25. The van der Waals surface area contributed by atoms with Crippen molar-refractivity contribution in [3.63, 3.8) is 0 Å². The van der Waals surface area contributed by atoms with Crippen LogP contribution < -0.4 is 5.56 Å². The molecule has 1 aromatic heterocycles. The third-order valence-corrected chi connectivity index (χ3v) is 3.94. The van der Waals surface area contributed by atoms with Gasteiger partial charge in [-0.15, -0.1) is 0 Å². The van der Waals surface area contributed by atoms with Gasteiger partial charge < -0.3 is 9.67 Å². The number of rotatable bonds is 4. The van der Waals surface area contributed by atoms with Crippen molar-refractivity contribution < 1.29 is 5.11 Å². The SMILES string of the molecule is CC(C)CCn1c2c(cc(C(C)(C)O)c1=O)CCC2. The van der Waals surface area contributed by atoms with Crippen LogP contribution >= 0.6 is 0 Å². The molecule has 0 aromatic carbocycles. The first kappa shape index (κ1) is 14.3. The summed E-state index contributed by atoms with van der Waals surface area (Å²) < 4.78 is 1.91. The molecule has 0 bridgehead atoms. The van der Waals surface area contributed by atoms with Crippen LogP contribution in [0.5, 0.6) is 0 Å². The second kappa shape index (κ2) is 5.12. The van der Waals surface area contributed by atoms with Gasteiger partial charge in [0.2, 0.25) is 0 Å². The summed E-state index contributed by atoms with van der Waals surface area (Å²) >= 11 is 0. The number of aromatic nitrogens is 1. The van der Waals surface area contributed by atoms with Crippen LogP contribution in [-0.2, 0) is 25.0 Å². The number of aliphatic hydroxyl groups is 1. The molecule has 1 aliphatic rings. The molecule has 3 heteroatoms. The lowest BCUT2D eigenvalue weighted by atomic mass is 9.97. The van der Waals surface area contributed by atoms with E-state index in [0.717, 1.165) is 32.2 Å². The maximum absolute atomic E-state index is 12.6. The molecule has 0 radical (unpaired) electrons. The maximum Gasteiger partial charge on any atom is 0.256 e. The Kier molecular flexibility index (Phi) is 3.86. The predicted molar refractivity (Wildman–Crippen MR) is 77.4 cm³/mol. The zero-order chi connectivity index (χ0) is 14.2. The molecular formula is C16H25NO2. The Morgan fingerprint density at radius 3 is 2.63 bits per heavy atom. The van der Waals surface area contributed by atoms with E-state index in [2.05, 4.69) is 13.8 Å². The summed E-state index contributed by atoms with van der Waals surface area (Å²) in [5.41, 5.74) is 1.92. The third kappa shape index (κ3) is 2.92. The molecule has 3 nitrogen and oxygen atoms in total. The molecular weight excluding hydrogens is 238 g/mol. The van der Waals surface area contributed by atoms with Crippen molar-refractivity contribution in [1.29, 1.82) is 0 Å². The molecule has 0 spiro atoms. The highest BCUT2D eigenvalue weighted by molar-refractivity contribution is 5.32. The topological polar surface area (TPSA) is 42.2 Å². The highest BCUT2D eigenvalue weighted by atomic mass is 16.3. The summed E-state index contributed by atoms with van der Waals surface area (Å²) in [6.07, 6.45) is 4.14. The normalized spacial score (nSPS) is 15.1. The lowest BCUT2D eigenvalue weighted by molar-refractivity contribution is 0.0763. The van der Waals surface area contributed by atoms with Crippen LogP contribution in [-0.4, -0.2) is 9.67 Å². The Bertz CT molecular complexity index is 521. The maximum atomic E-state index is 12.6. The van der Waals surface area contributed by atoms with E-state index in [4.69, 9.17) is 0 Å². The number of pyridine rings is 1. The van der Waals surface area contributed by atoms with Gasteiger partial charge in [0.1, 0.15) is 0 Å². The molecule has 1 N–H and O–H groups in total. The van der Waals surface area contributed by atoms with E-state index in [-0.39, 0.29) is 5.56 Å². The Balaban J connectivity index is 2.51. The number of hydrogen-bond acceptors (Lipinski definition) is 2. The zero-order valence-electron chi connectivity index (χ0n) is 12.5. The Hall–Kier alpha value is -1.09. The molecule has 1 aromatic rings. The summed E-state index contributed by atoms with van der Waals surface area (Å²) in [5, 5.41) is 10.2. The third-order valence-electron chi connectivity index (χ3n) is 3.94.